The van der Waals surface area contributed by atoms with Crippen LogP contribution in [0.15, 0.2) is 48.5 Å². The quantitative estimate of drug-likeness (QED) is 0.480. The zero-order chi connectivity index (χ0) is 21.2. The van der Waals surface area contributed by atoms with E-state index >= 15 is 0 Å². The zero-order valence-electron chi connectivity index (χ0n) is 18.2. The second kappa shape index (κ2) is 6.79. The van der Waals surface area contributed by atoms with E-state index in [0.717, 1.165) is 53.7 Å². The summed E-state index contributed by atoms with van der Waals surface area (Å²) in [6.07, 6.45) is 3.06. The predicted molar refractivity (Wildman–Crippen MR) is 124 cm³/mol. The topological polar surface area (TPSA) is 51.9 Å². The zero-order valence-corrected chi connectivity index (χ0v) is 18.2. The highest BCUT2D eigenvalue weighted by molar-refractivity contribution is 6.00. The van der Waals surface area contributed by atoms with Gasteiger partial charge in [-0.05, 0) is 68.0 Å². The van der Waals surface area contributed by atoms with E-state index < -0.39 is 0 Å². The number of Topliss-reactive ketones (excluding diaryl/α,β-unsaturated/α-hetero) is 1. The van der Waals surface area contributed by atoms with E-state index in [-0.39, 0.29) is 11.2 Å². The molecule has 31 heavy (non-hydrogen) atoms. The van der Waals surface area contributed by atoms with Gasteiger partial charge in [0.05, 0.1) is 16.7 Å². The van der Waals surface area contributed by atoms with Crippen LogP contribution in [0, 0.1) is 11.3 Å². The van der Waals surface area contributed by atoms with Crippen LogP contribution in [0.4, 0.5) is 0 Å². The molecule has 1 aliphatic carbocycles. The third kappa shape index (κ3) is 2.87. The molecule has 2 aromatic carbocycles. The second-order valence-corrected chi connectivity index (χ2v) is 9.36. The van der Waals surface area contributed by atoms with Gasteiger partial charge in [0.25, 0.3) is 0 Å². The lowest BCUT2D eigenvalue weighted by Crippen LogP contribution is -2.33. The average molecular weight is 413 g/mol. The van der Waals surface area contributed by atoms with Gasteiger partial charge < -0.3 is 14.5 Å². The Kier molecular flexibility index (Phi) is 4.12. The summed E-state index contributed by atoms with van der Waals surface area (Å²) < 4.78 is 4.45. The third-order valence-corrected chi connectivity index (χ3v) is 7.58. The largest absolute Gasteiger partial charge is 0.338 e. The Morgan fingerprint density at radius 1 is 1.19 bits per heavy atom. The number of para-hydroxylation sites is 1. The van der Waals surface area contributed by atoms with E-state index in [0.29, 0.717) is 6.42 Å². The minimum Gasteiger partial charge on any atom is -0.338 e. The highest BCUT2D eigenvalue weighted by Gasteiger charge is 2.55. The molecule has 0 bridgehead atoms. The molecule has 4 aromatic rings. The van der Waals surface area contributed by atoms with E-state index in [4.69, 9.17) is 4.98 Å². The van der Waals surface area contributed by atoms with Crippen LogP contribution in [0.1, 0.15) is 36.5 Å². The summed E-state index contributed by atoms with van der Waals surface area (Å²) in [5.74, 6) is 1.93. The molecule has 1 saturated heterocycles. The fraction of sp³-hybridized carbons (Fsp3) is 0.385. The molecule has 0 spiro atoms. The van der Waals surface area contributed by atoms with E-state index in [9.17, 15) is 4.79 Å². The molecule has 6 rings (SSSR count). The first-order valence-corrected chi connectivity index (χ1v) is 11.4. The summed E-state index contributed by atoms with van der Waals surface area (Å²) in [5, 5.41) is 4.71. The number of carbonyl (C=O) groups excluding carboxylic acids is 1. The van der Waals surface area contributed by atoms with Crippen molar-refractivity contribution >= 4 is 27.7 Å². The fourth-order valence-electron chi connectivity index (χ4n) is 5.71. The standard InChI is InChI=1S/C26H28N4O/c1-3-30-21-7-5-4-6-17(21)13-23(30)25-28-20-12-18(8-9-22(20)29(25)2)24(31)15-26-14-19(26)10-11-27-16-26/h4-9,12-13,19,27H,3,10-11,14-16H2,1-2H3. The third-order valence-electron chi connectivity index (χ3n) is 7.58. The van der Waals surface area contributed by atoms with Crippen molar-refractivity contribution < 1.29 is 4.79 Å². The molecule has 2 aromatic heterocycles. The molecular formula is C26H28N4O. The van der Waals surface area contributed by atoms with Crippen molar-refractivity contribution in [2.45, 2.75) is 32.7 Å². The molecule has 158 valence electrons. The number of benzene rings is 2. The normalized spacial score (nSPS) is 22.7. The number of carbonyl (C=O) groups is 1. The number of hydrogen-bond acceptors (Lipinski definition) is 3. The highest BCUT2D eigenvalue weighted by Crippen LogP contribution is 2.58. The number of nitrogens with one attached hydrogen (secondary N) is 1. The van der Waals surface area contributed by atoms with Gasteiger partial charge >= 0.3 is 0 Å². The highest BCUT2D eigenvalue weighted by atomic mass is 16.1. The predicted octanol–water partition coefficient (Wildman–Crippen LogP) is 4.79. The van der Waals surface area contributed by atoms with Gasteiger partial charge in [-0.25, -0.2) is 4.98 Å². The number of ketones is 1. The Balaban J connectivity index is 1.38. The van der Waals surface area contributed by atoms with E-state index in [1.165, 1.54) is 23.7 Å². The molecule has 2 fully saturated rings. The smallest absolute Gasteiger partial charge is 0.163 e. The van der Waals surface area contributed by atoms with Gasteiger partial charge in [-0.3, -0.25) is 4.79 Å². The lowest BCUT2D eigenvalue weighted by Gasteiger charge is -2.22. The lowest BCUT2D eigenvalue weighted by molar-refractivity contribution is 0.0944. The number of rotatable bonds is 5. The Hall–Kier alpha value is -2.92. The first kappa shape index (κ1) is 18.8. The fourth-order valence-corrected chi connectivity index (χ4v) is 5.71. The maximum atomic E-state index is 13.1. The van der Waals surface area contributed by atoms with Crippen LogP contribution in [-0.4, -0.2) is 33.0 Å². The number of nitrogens with zero attached hydrogens (tertiary/aromatic N) is 3. The number of piperidine rings is 1. The molecule has 1 aliphatic heterocycles. The van der Waals surface area contributed by atoms with Gasteiger partial charge in [-0.15, -0.1) is 0 Å². The van der Waals surface area contributed by atoms with Gasteiger partial charge in [-0.2, -0.15) is 0 Å². The molecule has 0 amide bonds. The lowest BCUT2D eigenvalue weighted by atomic mass is 9.90. The van der Waals surface area contributed by atoms with Crippen LogP contribution in [-0.2, 0) is 13.6 Å². The molecule has 2 atom stereocenters. The molecule has 1 N–H and O–H groups in total. The van der Waals surface area contributed by atoms with E-state index in [2.05, 4.69) is 64.8 Å². The molecular weight excluding hydrogens is 384 g/mol. The van der Waals surface area contributed by atoms with Crippen molar-refractivity contribution in [3.8, 4) is 11.5 Å². The Morgan fingerprint density at radius 3 is 2.90 bits per heavy atom. The van der Waals surface area contributed by atoms with Crippen LogP contribution in [0.25, 0.3) is 33.5 Å². The van der Waals surface area contributed by atoms with Crippen molar-refractivity contribution in [3.63, 3.8) is 0 Å². The van der Waals surface area contributed by atoms with Crippen molar-refractivity contribution in [3.05, 3.63) is 54.1 Å². The maximum Gasteiger partial charge on any atom is 0.163 e. The van der Waals surface area contributed by atoms with Crippen LogP contribution in [0.2, 0.25) is 0 Å². The number of imidazole rings is 1. The van der Waals surface area contributed by atoms with Gasteiger partial charge in [0.2, 0.25) is 0 Å². The van der Waals surface area contributed by atoms with Gasteiger partial charge in [0.15, 0.2) is 11.6 Å². The van der Waals surface area contributed by atoms with Crippen LogP contribution in [0.3, 0.4) is 0 Å². The summed E-state index contributed by atoms with van der Waals surface area (Å²) >= 11 is 0. The Morgan fingerprint density at radius 2 is 2.06 bits per heavy atom. The SMILES string of the molecule is CCn1c(-c2nc3cc(C(=O)CC45CNCCC4C5)ccc3n2C)cc2ccccc21. The number of aromatic nitrogens is 3. The first-order valence-electron chi connectivity index (χ1n) is 11.4. The Bertz CT molecular complexity index is 1330. The summed E-state index contributed by atoms with van der Waals surface area (Å²) in [4.78, 5) is 18.1. The minimum atomic E-state index is 0.210. The average Bonchev–Trinajstić information content (AvgIpc) is 3.24. The summed E-state index contributed by atoms with van der Waals surface area (Å²) in [5.41, 5.74) is 5.29. The number of hydrogen-bond donors (Lipinski definition) is 1. The van der Waals surface area contributed by atoms with Crippen molar-refractivity contribution in [1.29, 1.82) is 0 Å². The number of fused-ring (bicyclic) bond motifs is 3. The van der Waals surface area contributed by atoms with Crippen molar-refractivity contribution in [2.75, 3.05) is 13.1 Å². The Labute approximate surface area is 182 Å². The van der Waals surface area contributed by atoms with E-state index in [1.807, 2.05) is 12.1 Å². The second-order valence-electron chi connectivity index (χ2n) is 9.36. The summed E-state index contributed by atoms with van der Waals surface area (Å²) in [6.45, 7) is 5.13. The molecule has 1 saturated carbocycles. The molecule has 2 unspecified atom stereocenters. The van der Waals surface area contributed by atoms with Crippen molar-refractivity contribution in [1.82, 2.24) is 19.4 Å². The monoisotopic (exact) mass is 412 g/mol. The van der Waals surface area contributed by atoms with Crippen molar-refractivity contribution in [2.24, 2.45) is 18.4 Å². The van der Waals surface area contributed by atoms with Gasteiger partial charge in [0.1, 0.15) is 0 Å². The molecule has 5 heteroatoms. The van der Waals surface area contributed by atoms with E-state index in [1.54, 1.807) is 0 Å². The first-order chi connectivity index (χ1) is 15.1. The molecule has 5 nitrogen and oxygen atoms in total. The summed E-state index contributed by atoms with van der Waals surface area (Å²) in [7, 11) is 2.06. The maximum absolute atomic E-state index is 13.1. The van der Waals surface area contributed by atoms with Gasteiger partial charge in [0, 0.05) is 43.0 Å². The van der Waals surface area contributed by atoms with Crippen LogP contribution >= 0.6 is 0 Å². The van der Waals surface area contributed by atoms with Gasteiger partial charge in [-0.1, -0.05) is 18.2 Å². The minimum absolute atomic E-state index is 0.210. The molecule has 3 heterocycles. The van der Waals surface area contributed by atoms with Crippen LogP contribution < -0.4 is 5.32 Å². The number of aryl methyl sites for hydroxylation is 2. The van der Waals surface area contributed by atoms with Crippen LogP contribution in [0.5, 0.6) is 0 Å². The molecule has 2 aliphatic rings. The summed E-state index contributed by atoms with van der Waals surface area (Å²) in [6, 6.07) is 16.7. The molecule has 0 radical (unpaired) electrons.